The molecule has 4 heteroatoms. The molecule has 3 fully saturated rings. The lowest BCUT2D eigenvalue weighted by molar-refractivity contribution is -0.162. The van der Waals surface area contributed by atoms with Gasteiger partial charge in [-0.1, -0.05) is 253 Å². The molecule has 0 amide bonds. The monoisotopic (exact) mass is 969 g/mol. The third-order valence-corrected chi connectivity index (χ3v) is 19.1. The lowest BCUT2D eigenvalue weighted by atomic mass is 9.47. The molecule has 0 radical (unpaired) electrons. The summed E-state index contributed by atoms with van der Waals surface area (Å²) in [6.07, 6.45) is 36.5. The highest BCUT2D eigenvalue weighted by atomic mass is 16.6. The molecular formula is C67H100O4. The maximum absolute atomic E-state index is 13.8. The van der Waals surface area contributed by atoms with E-state index >= 15 is 0 Å². The first-order valence-corrected chi connectivity index (χ1v) is 29.9. The minimum absolute atomic E-state index is 0.112. The van der Waals surface area contributed by atoms with E-state index in [9.17, 15) is 4.79 Å². The van der Waals surface area contributed by atoms with Gasteiger partial charge in [0.1, 0.15) is 11.7 Å². The second-order valence-electron chi connectivity index (χ2n) is 24.4. The number of hydrogen-bond donors (Lipinski definition) is 0. The highest BCUT2D eigenvalue weighted by Gasteiger charge is 2.59. The van der Waals surface area contributed by atoms with Crippen molar-refractivity contribution in [1.29, 1.82) is 0 Å². The highest BCUT2D eigenvalue weighted by molar-refractivity contribution is 5.69. The summed E-state index contributed by atoms with van der Waals surface area (Å²) in [5.74, 6) is 4.86. The highest BCUT2D eigenvalue weighted by Crippen LogP contribution is 2.67. The van der Waals surface area contributed by atoms with Gasteiger partial charge in [0.05, 0.1) is 19.3 Å². The van der Waals surface area contributed by atoms with Gasteiger partial charge in [0.15, 0.2) is 0 Å². The van der Waals surface area contributed by atoms with Crippen LogP contribution in [0.2, 0.25) is 0 Å². The van der Waals surface area contributed by atoms with E-state index in [1.165, 1.54) is 141 Å². The number of allylic oxidation sites excluding steroid dienone is 1. The molecule has 4 aliphatic carbocycles. The average Bonchev–Trinajstić information content (AvgIpc) is 3.75. The smallest absolute Gasteiger partial charge is 0.306 e. The second kappa shape index (κ2) is 27.9. The zero-order valence-electron chi connectivity index (χ0n) is 46.0. The molecule has 392 valence electrons. The van der Waals surface area contributed by atoms with Crippen molar-refractivity contribution in [3.63, 3.8) is 0 Å². The molecule has 0 bridgehead atoms. The fraction of sp³-hybridized carbons (Fsp3) is 0.687. The number of hydrogen-bond acceptors (Lipinski definition) is 4. The first kappa shape index (κ1) is 55.5. The third-order valence-electron chi connectivity index (χ3n) is 19.1. The van der Waals surface area contributed by atoms with E-state index < -0.39 is 11.7 Å². The third kappa shape index (κ3) is 14.6. The summed E-state index contributed by atoms with van der Waals surface area (Å²) in [6.45, 7) is 15.5. The summed E-state index contributed by atoms with van der Waals surface area (Å²) in [7, 11) is 0. The van der Waals surface area contributed by atoms with E-state index in [-0.39, 0.29) is 24.1 Å². The van der Waals surface area contributed by atoms with E-state index in [4.69, 9.17) is 14.2 Å². The Morgan fingerprint density at radius 2 is 1.17 bits per heavy atom. The van der Waals surface area contributed by atoms with Crippen LogP contribution in [0.3, 0.4) is 0 Å². The number of unbranched alkanes of at least 4 members (excludes halogenated alkanes) is 14. The molecule has 0 spiro atoms. The van der Waals surface area contributed by atoms with Gasteiger partial charge in [-0.15, -0.1) is 0 Å². The van der Waals surface area contributed by atoms with E-state index in [2.05, 4.69) is 139 Å². The van der Waals surface area contributed by atoms with Crippen LogP contribution in [0.25, 0.3) is 0 Å². The molecule has 4 aliphatic rings. The van der Waals surface area contributed by atoms with Crippen molar-refractivity contribution in [3.8, 4) is 0 Å². The number of ether oxygens (including phenoxy) is 3. The first-order valence-electron chi connectivity index (χ1n) is 29.9. The summed E-state index contributed by atoms with van der Waals surface area (Å²) in [5, 5.41) is 0. The van der Waals surface area contributed by atoms with Crippen molar-refractivity contribution < 1.29 is 19.0 Å². The summed E-state index contributed by atoms with van der Waals surface area (Å²) in [5.41, 5.74) is 4.63. The molecule has 0 aliphatic heterocycles. The Kier molecular flexibility index (Phi) is 21.8. The van der Waals surface area contributed by atoms with Crippen LogP contribution >= 0.6 is 0 Å². The maximum atomic E-state index is 13.8. The second-order valence-corrected chi connectivity index (χ2v) is 24.4. The fourth-order valence-corrected chi connectivity index (χ4v) is 15.0. The van der Waals surface area contributed by atoms with Gasteiger partial charge < -0.3 is 14.2 Å². The van der Waals surface area contributed by atoms with Gasteiger partial charge in [0.2, 0.25) is 0 Å². The summed E-state index contributed by atoms with van der Waals surface area (Å²) >= 11 is 0. The largest absolute Gasteiger partial charge is 0.457 e. The van der Waals surface area contributed by atoms with Crippen molar-refractivity contribution in [2.24, 2.45) is 46.3 Å². The van der Waals surface area contributed by atoms with Crippen molar-refractivity contribution in [3.05, 3.63) is 119 Å². The Labute approximate surface area is 434 Å². The van der Waals surface area contributed by atoms with Crippen molar-refractivity contribution >= 4 is 5.97 Å². The minimum atomic E-state index is -0.903. The Morgan fingerprint density at radius 1 is 0.620 bits per heavy atom. The molecule has 0 heterocycles. The topological polar surface area (TPSA) is 44.8 Å². The van der Waals surface area contributed by atoms with Gasteiger partial charge in [0.25, 0.3) is 0 Å². The standard InChI is InChI=1S/C67H100O4/c1-7-8-9-10-11-12-13-14-15-16-17-18-19-20-30-40-64(68)71-59(51-70-67(54-34-24-21-25-35-54,55-36-26-22-27-37-55)56-38-28-23-29-39-56)50-69-58-45-47-65(5)57(49-58)41-42-60-62-44-43-61(53(4)33-31-32-52(2)3)66(62,6)48-46-63(60)65/h21-29,34-39,41,52-53,58-63H,7-20,30-33,40,42-51H2,1-6H3/t53-,58?,59?,60?,61-,62?,63?,65+,66-/m1/s1. The quantitative estimate of drug-likeness (QED) is 0.0279. The molecule has 5 unspecified atom stereocenters. The van der Waals surface area contributed by atoms with Crippen LogP contribution in [-0.2, 0) is 24.6 Å². The van der Waals surface area contributed by atoms with Gasteiger partial charge in [0, 0.05) is 6.42 Å². The van der Waals surface area contributed by atoms with Crippen LogP contribution in [-0.4, -0.2) is 31.4 Å². The zero-order valence-corrected chi connectivity index (χ0v) is 46.0. The fourth-order valence-electron chi connectivity index (χ4n) is 15.0. The molecule has 9 atom stereocenters. The molecule has 3 aromatic rings. The number of esters is 1. The molecule has 3 aromatic carbocycles. The minimum Gasteiger partial charge on any atom is -0.457 e. The molecule has 7 rings (SSSR count). The summed E-state index contributed by atoms with van der Waals surface area (Å²) in [6, 6.07) is 31.6. The molecular weight excluding hydrogens is 869 g/mol. The van der Waals surface area contributed by atoms with Crippen LogP contribution < -0.4 is 0 Å². The van der Waals surface area contributed by atoms with Gasteiger partial charge in [-0.2, -0.15) is 0 Å². The van der Waals surface area contributed by atoms with Crippen molar-refractivity contribution in [2.75, 3.05) is 13.2 Å². The molecule has 0 N–H and O–H groups in total. The number of rotatable bonds is 31. The van der Waals surface area contributed by atoms with Gasteiger partial charge >= 0.3 is 5.97 Å². The van der Waals surface area contributed by atoms with Crippen molar-refractivity contribution in [1.82, 2.24) is 0 Å². The predicted molar refractivity (Wildman–Crippen MR) is 297 cm³/mol. The van der Waals surface area contributed by atoms with E-state index in [0.717, 1.165) is 77.9 Å². The molecule has 71 heavy (non-hydrogen) atoms. The number of fused-ring (bicyclic) bond motifs is 5. The van der Waals surface area contributed by atoms with Crippen LogP contribution in [0.4, 0.5) is 0 Å². The van der Waals surface area contributed by atoms with Crippen LogP contribution in [0.5, 0.6) is 0 Å². The SMILES string of the molecule is CCCCCCCCCCCCCCCCCC(=O)OC(COC1CC[C@@]2(C)C(=CCC3C2CC[C@@]2(C)C3CC[C@@H]2[C@H](C)CCCC(C)C)C1)COC(c1ccccc1)(c1ccccc1)c1ccccc1. The Hall–Kier alpha value is -3.21. The molecule has 3 saturated carbocycles. The van der Waals surface area contributed by atoms with E-state index in [1.54, 1.807) is 5.57 Å². The van der Waals surface area contributed by atoms with Crippen molar-refractivity contribution in [2.45, 2.75) is 233 Å². The van der Waals surface area contributed by atoms with E-state index in [0.29, 0.717) is 18.4 Å². The number of benzene rings is 3. The first-order chi connectivity index (χ1) is 34.6. The summed E-state index contributed by atoms with van der Waals surface area (Å²) < 4.78 is 20.7. The number of carbonyl (C=O) groups is 1. The van der Waals surface area contributed by atoms with Crippen LogP contribution in [0.15, 0.2) is 103 Å². The number of carbonyl (C=O) groups excluding carboxylic acids is 1. The van der Waals surface area contributed by atoms with E-state index in [1.807, 2.05) is 0 Å². The Bertz CT molecular complexity index is 1890. The Morgan fingerprint density at radius 3 is 1.72 bits per heavy atom. The van der Waals surface area contributed by atoms with Gasteiger partial charge in [-0.3, -0.25) is 4.79 Å². The lowest BCUT2D eigenvalue weighted by Gasteiger charge is -2.58. The van der Waals surface area contributed by atoms with Gasteiger partial charge in [-0.05, 0) is 121 Å². The summed E-state index contributed by atoms with van der Waals surface area (Å²) in [4.78, 5) is 13.8. The zero-order chi connectivity index (χ0) is 49.9. The Balaban J connectivity index is 0.971. The lowest BCUT2D eigenvalue weighted by Crippen LogP contribution is -2.51. The maximum Gasteiger partial charge on any atom is 0.306 e. The molecule has 0 saturated heterocycles. The molecule has 4 nitrogen and oxygen atoms in total. The average molecular weight is 970 g/mol. The predicted octanol–water partition coefficient (Wildman–Crippen LogP) is 18.6. The van der Waals surface area contributed by atoms with Crippen LogP contribution in [0, 0.1) is 46.3 Å². The van der Waals surface area contributed by atoms with Gasteiger partial charge in [-0.25, -0.2) is 0 Å². The normalized spacial score (nSPS) is 26.0. The van der Waals surface area contributed by atoms with Crippen LogP contribution in [0.1, 0.15) is 232 Å². The molecule has 0 aromatic heterocycles.